The molecule has 0 unspecified atom stereocenters. The first-order valence-corrected chi connectivity index (χ1v) is 4.20. The first-order chi connectivity index (χ1) is 5.77. The maximum Gasteiger partial charge on any atom is 0.162 e. The predicted octanol–water partition coefficient (Wildman–Crippen LogP) is 2.85. The van der Waals surface area contributed by atoms with E-state index in [2.05, 4.69) is 0 Å². The molecule has 0 aliphatic rings. The van der Waals surface area contributed by atoms with Crippen molar-refractivity contribution in [1.29, 1.82) is 0 Å². The number of carbonyl (C=O) groups excluding carboxylic acids is 1. The van der Waals surface area contributed by atoms with Crippen molar-refractivity contribution in [3.05, 3.63) is 41.8 Å². The van der Waals surface area contributed by atoms with Gasteiger partial charge in [-0.15, -0.1) is 0 Å². The first-order valence-electron chi connectivity index (χ1n) is 4.20. The summed E-state index contributed by atoms with van der Waals surface area (Å²) in [5.41, 5.74) is 1.92. The van der Waals surface area contributed by atoms with Crippen molar-refractivity contribution < 1.29 is 4.79 Å². The molecular weight excluding hydrogens is 148 g/mol. The Hall–Kier alpha value is -1.11. The van der Waals surface area contributed by atoms with Crippen LogP contribution in [0.4, 0.5) is 0 Å². The Bertz CT molecular complexity index is 276. The van der Waals surface area contributed by atoms with Gasteiger partial charge >= 0.3 is 0 Å². The summed E-state index contributed by atoms with van der Waals surface area (Å²) in [4.78, 5) is 11.3. The molecule has 63 valence electrons. The minimum Gasteiger partial charge on any atom is -0.294 e. The van der Waals surface area contributed by atoms with Crippen LogP contribution in [0.25, 0.3) is 0 Å². The Morgan fingerprint density at radius 1 is 1.50 bits per heavy atom. The highest BCUT2D eigenvalue weighted by molar-refractivity contribution is 5.96. The van der Waals surface area contributed by atoms with Crippen LogP contribution < -0.4 is 0 Å². The Labute approximate surface area is 73.4 Å². The predicted molar refractivity (Wildman–Crippen MR) is 50.1 cm³/mol. The van der Waals surface area contributed by atoms with Crippen molar-refractivity contribution in [3.63, 3.8) is 0 Å². The molecule has 0 spiro atoms. The quantitative estimate of drug-likeness (QED) is 0.623. The van der Waals surface area contributed by atoms with E-state index in [9.17, 15) is 4.79 Å². The molecule has 0 heterocycles. The molecule has 1 radical (unpaired) electrons. The van der Waals surface area contributed by atoms with E-state index in [0.717, 1.165) is 11.1 Å². The Balaban J connectivity index is 2.93. The Morgan fingerprint density at radius 2 is 2.25 bits per heavy atom. The average molecular weight is 161 g/mol. The highest BCUT2D eigenvalue weighted by Gasteiger charge is 2.01. The lowest BCUT2D eigenvalue weighted by molar-refractivity contribution is 0.0988. The van der Waals surface area contributed by atoms with Crippen molar-refractivity contribution in [2.75, 3.05) is 0 Å². The molecule has 0 saturated carbocycles. The number of Topliss-reactive ketones (excluding diaryl/α,β-unsaturated/α-hetero) is 1. The third kappa shape index (κ3) is 1.94. The fourth-order valence-electron chi connectivity index (χ4n) is 1.10. The fraction of sp³-hybridized carbons (Fsp3) is 0.273. The van der Waals surface area contributed by atoms with Crippen molar-refractivity contribution in [3.8, 4) is 0 Å². The van der Waals surface area contributed by atoms with Gasteiger partial charge in [0.15, 0.2) is 5.78 Å². The smallest absolute Gasteiger partial charge is 0.162 e. The molecule has 1 nitrogen and oxygen atoms in total. The van der Waals surface area contributed by atoms with Gasteiger partial charge in [-0.25, -0.2) is 0 Å². The molecule has 1 aromatic rings. The molecule has 1 heteroatoms. The zero-order valence-corrected chi connectivity index (χ0v) is 7.50. The third-order valence-electron chi connectivity index (χ3n) is 1.86. The molecule has 0 atom stereocenters. The van der Waals surface area contributed by atoms with Gasteiger partial charge in [0.2, 0.25) is 0 Å². The highest BCUT2D eigenvalue weighted by atomic mass is 16.1. The normalized spacial score (nSPS) is 9.83. The van der Waals surface area contributed by atoms with Gasteiger partial charge < -0.3 is 0 Å². The summed E-state index contributed by atoms with van der Waals surface area (Å²) in [6.07, 6.45) is 2.57. The molecule has 0 amide bonds. The molecule has 12 heavy (non-hydrogen) atoms. The zero-order valence-electron chi connectivity index (χ0n) is 7.50. The molecule has 0 aliphatic carbocycles. The zero-order chi connectivity index (χ0) is 8.97. The number of rotatable bonds is 3. The van der Waals surface area contributed by atoms with E-state index < -0.39 is 0 Å². The minimum absolute atomic E-state index is 0.207. The van der Waals surface area contributed by atoms with Gasteiger partial charge in [-0.2, -0.15) is 0 Å². The van der Waals surface area contributed by atoms with Crippen molar-refractivity contribution in [1.82, 2.24) is 0 Å². The SMILES string of the molecule is C[CH]c1cccc(C(=O)CC)c1. The summed E-state index contributed by atoms with van der Waals surface area (Å²) in [5.74, 6) is 0.207. The molecule has 1 rings (SSSR count). The van der Waals surface area contributed by atoms with E-state index in [1.165, 1.54) is 0 Å². The second-order valence-electron chi connectivity index (χ2n) is 2.69. The fourth-order valence-corrected chi connectivity index (χ4v) is 1.10. The molecule has 0 aromatic heterocycles. The number of carbonyl (C=O) groups is 1. The molecule has 0 fully saturated rings. The topological polar surface area (TPSA) is 17.1 Å². The van der Waals surface area contributed by atoms with Gasteiger partial charge in [0.25, 0.3) is 0 Å². The van der Waals surface area contributed by atoms with E-state index in [1.54, 1.807) is 0 Å². The largest absolute Gasteiger partial charge is 0.294 e. The Morgan fingerprint density at radius 3 is 2.83 bits per heavy atom. The second kappa shape index (κ2) is 4.05. The van der Waals surface area contributed by atoms with Crippen molar-refractivity contribution >= 4 is 5.78 Å². The van der Waals surface area contributed by atoms with Crippen LogP contribution in [0.3, 0.4) is 0 Å². The lowest BCUT2D eigenvalue weighted by Gasteiger charge is -1.99. The number of hydrogen-bond acceptors (Lipinski definition) is 1. The van der Waals surface area contributed by atoms with Crippen LogP contribution in [-0.4, -0.2) is 5.78 Å². The van der Waals surface area contributed by atoms with Gasteiger partial charge in [-0.1, -0.05) is 32.0 Å². The monoisotopic (exact) mass is 161 g/mol. The molecule has 0 saturated heterocycles. The molecular formula is C11H13O. The van der Waals surface area contributed by atoms with Crippen LogP contribution in [0.5, 0.6) is 0 Å². The average Bonchev–Trinajstić information content (AvgIpc) is 2.17. The van der Waals surface area contributed by atoms with Gasteiger partial charge in [-0.3, -0.25) is 4.79 Å². The second-order valence-corrected chi connectivity index (χ2v) is 2.69. The van der Waals surface area contributed by atoms with Gasteiger partial charge in [0.05, 0.1) is 0 Å². The lowest BCUT2D eigenvalue weighted by atomic mass is 10.0. The van der Waals surface area contributed by atoms with Gasteiger partial charge in [-0.05, 0) is 18.1 Å². The van der Waals surface area contributed by atoms with Crippen LogP contribution in [0.15, 0.2) is 24.3 Å². The molecule has 0 bridgehead atoms. The summed E-state index contributed by atoms with van der Waals surface area (Å²) in [7, 11) is 0. The molecule has 0 N–H and O–H groups in total. The number of hydrogen-bond donors (Lipinski definition) is 0. The molecule has 0 aliphatic heterocycles. The first kappa shape index (κ1) is 8.98. The third-order valence-corrected chi connectivity index (χ3v) is 1.86. The van der Waals surface area contributed by atoms with E-state index in [-0.39, 0.29) is 5.78 Å². The summed E-state index contributed by atoms with van der Waals surface area (Å²) in [5, 5.41) is 0. The van der Waals surface area contributed by atoms with E-state index in [0.29, 0.717) is 6.42 Å². The summed E-state index contributed by atoms with van der Waals surface area (Å²) in [6, 6.07) is 7.69. The van der Waals surface area contributed by atoms with Crippen LogP contribution in [0.1, 0.15) is 36.2 Å². The van der Waals surface area contributed by atoms with Gasteiger partial charge in [0, 0.05) is 12.0 Å². The van der Waals surface area contributed by atoms with E-state index in [4.69, 9.17) is 0 Å². The van der Waals surface area contributed by atoms with Crippen LogP contribution in [0, 0.1) is 6.42 Å². The summed E-state index contributed by atoms with van der Waals surface area (Å²) >= 11 is 0. The Kier molecular flexibility index (Phi) is 3.03. The maximum absolute atomic E-state index is 11.3. The number of benzene rings is 1. The highest BCUT2D eigenvalue weighted by Crippen LogP contribution is 2.08. The lowest BCUT2D eigenvalue weighted by Crippen LogP contribution is -1.96. The summed E-state index contributed by atoms with van der Waals surface area (Å²) < 4.78 is 0. The van der Waals surface area contributed by atoms with Crippen LogP contribution in [-0.2, 0) is 0 Å². The standard InChI is InChI=1S/C11H13O/c1-3-9-6-5-7-10(8-9)11(12)4-2/h3,5-8H,4H2,1-2H3. The van der Waals surface area contributed by atoms with E-state index in [1.807, 2.05) is 44.5 Å². The van der Waals surface area contributed by atoms with E-state index >= 15 is 0 Å². The summed E-state index contributed by atoms with van der Waals surface area (Å²) in [6.45, 7) is 3.85. The van der Waals surface area contributed by atoms with Crippen molar-refractivity contribution in [2.45, 2.75) is 20.3 Å². The van der Waals surface area contributed by atoms with Crippen LogP contribution >= 0.6 is 0 Å². The van der Waals surface area contributed by atoms with Crippen molar-refractivity contribution in [2.24, 2.45) is 0 Å². The number of ketones is 1. The minimum atomic E-state index is 0.207. The van der Waals surface area contributed by atoms with Crippen LogP contribution in [0.2, 0.25) is 0 Å². The van der Waals surface area contributed by atoms with Gasteiger partial charge in [0.1, 0.15) is 0 Å². The molecule has 1 aromatic carbocycles. The maximum atomic E-state index is 11.3.